The molecule has 0 spiro atoms. The second kappa shape index (κ2) is 5.15. The molecule has 4 heteroatoms. The standard InChI is InChI=1S/C12H15BrN2S/c13-11-3-1-9(2-4-11)10-5-7-15(8-6-10)12(14)16/h1-4,10H,5-8H2,(H2,14,16). The first kappa shape index (κ1) is 11.9. The topological polar surface area (TPSA) is 29.3 Å². The maximum Gasteiger partial charge on any atom is 0.166 e. The van der Waals surface area contributed by atoms with Crippen LogP contribution >= 0.6 is 28.1 Å². The molecule has 1 aromatic carbocycles. The summed E-state index contributed by atoms with van der Waals surface area (Å²) in [5, 5.41) is 0.536. The Morgan fingerprint density at radius 2 is 1.81 bits per heavy atom. The van der Waals surface area contributed by atoms with Crippen molar-refractivity contribution in [1.82, 2.24) is 4.90 Å². The van der Waals surface area contributed by atoms with Crippen LogP contribution in [0, 0.1) is 0 Å². The van der Waals surface area contributed by atoms with Crippen LogP contribution in [0.1, 0.15) is 24.3 Å². The van der Waals surface area contributed by atoms with Crippen molar-refractivity contribution in [1.29, 1.82) is 0 Å². The molecule has 16 heavy (non-hydrogen) atoms. The third-order valence-electron chi connectivity index (χ3n) is 3.15. The van der Waals surface area contributed by atoms with Crippen LogP contribution in [0.25, 0.3) is 0 Å². The Bertz CT molecular complexity index is 369. The van der Waals surface area contributed by atoms with Crippen molar-refractivity contribution < 1.29 is 0 Å². The summed E-state index contributed by atoms with van der Waals surface area (Å²) in [7, 11) is 0. The molecule has 1 aliphatic rings. The fourth-order valence-electron chi connectivity index (χ4n) is 2.17. The quantitative estimate of drug-likeness (QED) is 0.809. The number of piperidine rings is 1. The van der Waals surface area contributed by atoms with E-state index in [-0.39, 0.29) is 0 Å². The van der Waals surface area contributed by atoms with E-state index in [0.717, 1.165) is 30.4 Å². The lowest BCUT2D eigenvalue weighted by molar-refractivity contribution is 0.315. The van der Waals surface area contributed by atoms with Gasteiger partial charge in [0.05, 0.1) is 0 Å². The second-order valence-electron chi connectivity index (χ2n) is 4.15. The van der Waals surface area contributed by atoms with Crippen LogP contribution in [-0.2, 0) is 0 Å². The van der Waals surface area contributed by atoms with E-state index in [1.165, 1.54) is 5.56 Å². The molecule has 1 fully saturated rings. The van der Waals surface area contributed by atoms with Gasteiger partial charge in [0.1, 0.15) is 0 Å². The molecular formula is C12H15BrN2S. The molecule has 2 rings (SSSR count). The van der Waals surface area contributed by atoms with Gasteiger partial charge in [-0.1, -0.05) is 28.1 Å². The number of likely N-dealkylation sites (tertiary alicyclic amines) is 1. The zero-order chi connectivity index (χ0) is 11.5. The van der Waals surface area contributed by atoms with Crippen molar-refractivity contribution in [2.45, 2.75) is 18.8 Å². The van der Waals surface area contributed by atoms with Crippen LogP contribution in [0.3, 0.4) is 0 Å². The molecule has 2 N–H and O–H groups in total. The highest BCUT2D eigenvalue weighted by Crippen LogP contribution is 2.28. The number of nitrogens with zero attached hydrogens (tertiary/aromatic N) is 1. The lowest BCUT2D eigenvalue weighted by Crippen LogP contribution is -2.40. The molecule has 86 valence electrons. The van der Waals surface area contributed by atoms with E-state index < -0.39 is 0 Å². The summed E-state index contributed by atoms with van der Waals surface area (Å²) >= 11 is 8.44. The SMILES string of the molecule is NC(=S)N1CCC(c2ccc(Br)cc2)CC1. The van der Waals surface area contributed by atoms with Gasteiger partial charge in [0.15, 0.2) is 5.11 Å². The average molecular weight is 299 g/mol. The highest BCUT2D eigenvalue weighted by atomic mass is 79.9. The molecule has 1 heterocycles. The molecule has 1 aromatic rings. The Morgan fingerprint density at radius 1 is 1.25 bits per heavy atom. The van der Waals surface area contributed by atoms with Crippen LogP contribution in [0.15, 0.2) is 28.7 Å². The molecular weight excluding hydrogens is 284 g/mol. The van der Waals surface area contributed by atoms with E-state index in [0.29, 0.717) is 11.0 Å². The Hall–Kier alpha value is -0.610. The highest BCUT2D eigenvalue weighted by molar-refractivity contribution is 9.10. The average Bonchev–Trinajstić information content (AvgIpc) is 2.30. The van der Waals surface area contributed by atoms with Gasteiger partial charge in [-0.15, -0.1) is 0 Å². The van der Waals surface area contributed by atoms with Crippen molar-refractivity contribution in [3.8, 4) is 0 Å². The molecule has 0 saturated carbocycles. The van der Waals surface area contributed by atoms with Crippen LogP contribution in [-0.4, -0.2) is 23.1 Å². The van der Waals surface area contributed by atoms with E-state index >= 15 is 0 Å². The minimum absolute atomic E-state index is 0.536. The molecule has 0 aromatic heterocycles. The first-order valence-electron chi connectivity index (χ1n) is 5.46. The van der Waals surface area contributed by atoms with Crippen molar-refractivity contribution >= 4 is 33.3 Å². The third kappa shape index (κ3) is 2.74. The largest absolute Gasteiger partial charge is 0.376 e. The first-order chi connectivity index (χ1) is 7.66. The summed E-state index contributed by atoms with van der Waals surface area (Å²) in [5.41, 5.74) is 7.04. The molecule has 0 bridgehead atoms. The molecule has 0 aliphatic carbocycles. The molecule has 0 radical (unpaired) electrons. The fourth-order valence-corrected chi connectivity index (χ4v) is 2.62. The maximum atomic E-state index is 5.62. The molecule has 1 saturated heterocycles. The number of benzene rings is 1. The number of rotatable bonds is 1. The molecule has 0 unspecified atom stereocenters. The summed E-state index contributed by atoms with van der Waals surface area (Å²) in [4.78, 5) is 2.09. The molecule has 2 nitrogen and oxygen atoms in total. The van der Waals surface area contributed by atoms with E-state index in [9.17, 15) is 0 Å². The first-order valence-corrected chi connectivity index (χ1v) is 6.67. The summed E-state index contributed by atoms with van der Waals surface area (Å²) in [6.07, 6.45) is 2.28. The van der Waals surface area contributed by atoms with E-state index in [1.807, 2.05) is 0 Å². The van der Waals surface area contributed by atoms with Gasteiger partial charge in [-0.25, -0.2) is 0 Å². The predicted molar refractivity (Wildman–Crippen MR) is 74.5 cm³/mol. The van der Waals surface area contributed by atoms with Crippen molar-refractivity contribution in [3.05, 3.63) is 34.3 Å². The van der Waals surface area contributed by atoms with Gasteiger partial charge in [-0.05, 0) is 48.7 Å². The van der Waals surface area contributed by atoms with Gasteiger partial charge in [0.2, 0.25) is 0 Å². The highest BCUT2D eigenvalue weighted by Gasteiger charge is 2.20. The van der Waals surface area contributed by atoms with E-state index in [4.69, 9.17) is 18.0 Å². The van der Waals surface area contributed by atoms with Crippen LogP contribution in [0.5, 0.6) is 0 Å². The number of thiocarbonyl (C=S) groups is 1. The number of nitrogens with two attached hydrogens (primary N) is 1. The van der Waals surface area contributed by atoms with Gasteiger partial charge in [-0.3, -0.25) is 0 Å². The van der Waals surface area contributed by atoms with Gasteiger partial charge in [0, 0.05) is 17.6 Å². The van der Waals surface area contributed by atoms with Crippen LogP contribution in [0.2, 0.25) is 0 Å². The Kier molecular flexibility index (Phi) is 3.82. The maximum absolute atomic E-state index is 5.62. The number of hydrogen-bond acceptors (Lipinski definition) is 1. The molecule has 1 aliphatic heterocycles. The Balaban J connectivity index is 1.99. The minimum Gasteiger partial charge on any atom is -0.376 e. The lowest BCUT2D eigenvalue weighted by atomic mass is 9.90. The fraction of sp³-hybridized carbons (Fsp3) is 0.417. The van der Waals surface area contributed by atoms with Gasteiger partial charge in [0.25, 0.3) is 0 Å². The third-order valence-corrected chi connectivity index (χ3v) is 3.93. The Morgan fingerprint density at radius 3 is 2.31 bits per heavy atom. The van der Waals surface area contributed by atoms with E-state index in [1.54, 1.807) is 0 Å². The van der Waals surface area contributed by atoms with Crippen LogP contribution < -0.4 is 5.73 Å². The van der Waals surface area contributed by atoms with Crippen molar-refractivity contribution in [2.24, 2.45) is 5.73 Å². The summed E-state index contributed by atoms with van der Waals surface area (Å²) < 4.78 is 1.14. The summed E-state index contributed by atoms with van der Waals surface area (Å²) in [6, 6.07) is 8.61. The summed E-state index contributed by atoms with van der Waals surface area (Å²) in [5.74, 6) is 0.652. The van der Waals surface area contributed by atoms with Crippen LogP contribution in [0.4, 0.5) is 0 Å². The van der Waals surface area contributed by atoms with Crippen molar-refractivity contribution in [3.63, 3.8) is 0 Å². The zero-order valence-electron chi connectivity index (χ0n) is 9.03. The zero-order valence-corrected chi connectivity index (χ0v) is 11.4. The van der Waals surface area contributed by atoms with Gasteiger partial charge >= 0.3 is 0 Å². The number of halogens is 1. The second-order valence-corrected chi connectivity index (χ2v) is 5.49. The summed E-state index contributed by atoms with van der Waals surface area (Å²) in [6.45, 7) is 1.96. The predicted octanol–water partition coefficient (Wildman–Crippen LogP) is 2.87. The normalized spacial score (nSPS) is 17.4. The monoisotopic (exact) mass is 298 g/mol. The lowest BCUT2D eigenvalue weighted by Gasteiger charge is -2.32. The minimum atomic E-state index is 0.536. The van der Waals surface area contributed by atoms with Gasteiger partial charge in [-0.2, -0.15) is 0 Å². The molecule has 0 amide bonds. The van der Waals surface area contributed by atoms with Gasteiger partial charge < -0.3 is 10.6 Å². The van der Waals surface area contributed by atoms with Crippen molar-refractivity contribution in [2.75, 3.05) is 13.1 Å². The number of hydrogen-bond donors (Lipinski definition) is 1. The van der Waals surface area contributed by atoms with E-state index in [2.05, 4.69) is 45.1 Å². The Labute approximate surface area is 110 Å². The molecule has 0 atom stereocenters. The smallest absolute Gasteiger partial charge is 0.166 e.